The van der Waals surface area contributed by atoms with Gasteiger partial charge in [0.25, 0.3) is 8.32 Å². The third-order valence-electron chi connectivity index (χ3n) is 6.55. The van der Waals surface area contributed by atoms with Gasteiger partial charge in [-0.1, -0.05) is 81.4 Å². The van der Waals surface area contributed by atoms with Crippen LogP contribution in [0.15, 0.2) is 72.3 Å². The first kappa shape index (κ1) is 30.3. The summed E-state index contributed by atoms with van der Waals surface area (Å²) in [6, 6.07) is 20.7. The summed E-state index contributed by atoms with van der Waals surface area (Å²) < 4.78 is 40.2. The average molecular weight is 545 g/mol. The fourth-order valence-corrected chi connectivity index (χ4v) is 9.48. The van der Waals surface area contributed by atoms with E-state index in [1.807, 2.05) is 36.4 Å². The Labute approximate surface area is 226 Å². The largest absolute Gasteiger partial charge is 0.403 e. The number of methoxy groups -OCH3 is 3. The van der Waals surface area contributed by atoms with Gasteiger partial charge in [-0.3, -0.25) is 4.79 Å². The number of carbonyl (C=O) groups is 1. The fraction of sp³-hybridized carbons (Fsp3) is 0.483. The van der Waals surface area contributed by atoms with Crippen LogP contribution in [0.1, 0.15) is 20.8 Å². The molecule has 0 aliphatic heterocycles. The van der Waals surface area contributed by atoms with E-state index in [1.165, 1.54) is 14.2 Å². The van der Waals surface area contributed by atoms with Crippen LogP contribution in [-0.4, -0.2) is 80.7 Å². The Kier molecular flexibility index (Phi) is 11.4. The van der Waals surface area contributed by atoms with Crippen molar-refractivity contribution in [2.75, 3.05) is 48.3 Å². The maximum absolute atomic E-state index is 13.3. The van der Waals surface area contributed by atoms with Crippen LogP contribution in [0, 0.1) is 0 Å². The van der Waals surface area contributed by atoms with Crippen molar-refractivity contribution < 1.29 is 37.6 Å². The lowest BCUT2D eigenvalue weighted by Gasteiger charge is -2.44. The Hall–Kier alpha value is -2.21. The summed E-state index contributed by atoms with van der Waals surface area (Å²) in [4.78, 5) is 13.3. The van der Waals surface area contributed by atoms with Crippen molar-refractivity contribution in [2.45, 2.75) is 44.1 Å². The molecule has 9 heteroatoms. The predicted octanol–water partition coefficient (Wildman–Crippen LogP) is 3.04. The molecule has 0 spiro atoms. The van der Waals surface area contributed by atoms with Gasteiger partial charge in [0.15, 0.2) is 11.9 Å². The molecule has 0 saturated carbocycles. The van der Waals surface area contributed by atoms with E-state index in [-0.39, 0.29) is 37.8 Å². The molecule has 38 heavy (non-hydrogen) atoms. The minimum atomic E-state index is -2.86. The number of ether oxygens (including phenoxy) is 6. The minimum Gasteiger partial charge on any atom is -0.403 e. The van der Waals surface area contributed by atoms with Crippen LogP contribution >= 0.6 is 0 Å². The number of benzene rings is 2. The zero-order chi connectivity index (χ0) is 27.6. The minimum absolute atomic E-state index is 0.000744. The lowest BCUT2D eigenvalue weighted by atomic mass is 9.90. The lowest BCUT2D eigenvalue weighted by Crippen LogP contribution is -2.67. The fourth-order valence-electron chi connectivity index (χ4n) is 4.94. The Morgan fingerprint density at radius 1 is 0.711 bits per heavy atom. The van der Waals surface area contributed by atoms with Gasteiger partial charge in [-0.25, -0.2) is 0 Å². The monoisotopic (exact) mass is 544 g/mol. The van der Waals surface area contributed by atoms with Crippen LogP contribution in [0.3, 0.4) is 0 Å². The SMILES string of the molecule is COCOC1C(CO[Si](c2ccccc2)(c2ccccc2)C(C)(C)C)=CC(=O)[C@@H](OCOC)C1OCOC. The van der Waals surface area contributed by atoms with Crippen molar-refractivity contribution in [2.24, 2.45) is 0 Å². The van der Waals surface area contributed by atoms with Crippen molar-refractivity contribution in [3.8, 4) is 0 Å². The highest BCUT2D eigenvalue weighted by Gasteiger charge is 2.51. The summed E-state index contributed by atoms with van der Waals surface area (Å²) in [5.74, 6) is -0.249. The first-order chi connectivity index (χ1) is 18.3. The molecule has 0 saturated heterocycles. The predicted molar refractivity (Wildman–Crippen MR) is 147 cm³/mol. The van der Waals surface area contributed by atoms with E-state index in [4.69, 9.17) is 32.8 Å². The summed E-state index contributed by atoms with van der Waals surface area (Å²) in [6.45, 7) is 6.67. The Morgan fingerprint density at radius 2 is 1.18 bits per heavy atom. The topological polar surface area (TPSA) is 81.7 Å². The summed E-state index contributed by atoms with van der Waals surface area (Å²) in [7, 11) is 1.70. The zero-order valence-corrected chi connectivity index (χ0v) is 24.2. The van der Waals surface area contributed by atoms with Gasteiger partial charge in [-0.2, -0.15) is 0 Å². The van der Waals surface area contributed by atoms with Gasteiger partial charge in [-0.05, 0) is 27.1 Å². The van der Waals surface area contributed by atoms with E-state index < -0.39 is 26.6 Å². The average Bonchev–Trinajstić information content (AvgIpc) is 2.91. The molecule has 208 valence electrons. The van der Waals surface area contributed by atoms with Crippen molar-refractivity contribution >= 4 is 24.5 Å². The van der Waals surface area contributed by atoms with Gasteiger partial charge in [-0.15, -0.1) is 0 Å². The van der Waals surface area contributed by atoms with Crippen LogP contribution in [0.2, 0.25) is 5.04 Å². The molecule has 0 bridgehead atoms. The number of hydrogen-bond acceptors (Lipinski definition) is 8. The zero-order valence-electron chi connectivity index (χ0n) is 23.2. The second-order valence-corrected chi connectivity index (χ2v) is 14.4. The van der Waals surface area contributed by atoms with Crippen LogP contribution in [0.4, 0.5) is 0 Å². The third-order valence-corrected chi connectivity index (χ3v) is 11.5. The number of ketones is 1. The summed E-state index contributed by atoms with van der Waals surface area (Å²) in [5.41, 5.74) is 0.651. The molecule has 0 fully saturated rings. The molecule has 1 aliphatic rings. The van der Waals surface area contributed by atoms with Gasteiger partial charge < -0.3 is 32.8 Å². The summed E-state index contributed by atoms with van der Waals surface area (Å²) >= 11 is 0. The maximum atomic E-state index is 13.3. The first-order valence-electron chi connectivity index (χ1n) is 12.6. The first-order valence-corrected chi connectivity index (χ1v) is 14.5. The van der Waals surface area contributed by atoms with E-state index in [0.717, 1.165) is 10.4 Å². The molecule has 2 aromatic carbocycles. The Bertz CT molecular complexity index is 982. The second kappa shape index (κ2) is 14.3. The molecule has 2 unspecified atom stereocenters. The van der Waals surface area contributed by atoms with E-state index in [1.54, 1.807) is 13.2 Å². The van der Waals surface area contributed by atoms with E-state index >= 15 is 0 Å². The molecule has 0 radical (unpaired) electrons. The quantitative estimate of drug-likeness (QED) is 0.265. The standard InChI is InChI=1S/C29H40O8Si/c1-29(2,3)38(23-13-9-7-10-14-23,24-15-11-8-12-16-24)37-18-22-17-25(30)27(35-20-32-5)28(36-21-33-6)26(22)34-19-31-4/h7-17,26-28H,18-21H2,1-6H3/t26?,27-,28?/m1/s1. The van der Waals surface area contributed by atoms with Crippen LogP contribution in [0.25, 0.3) is 0 Å². The molecule has 0 amide bonds. The Morgan fingerprint density at radius 3 is 1.66 bits per heavy atom. The maximum Gasteiger partial charge on any atom is 0.261 e. The molecule has 3 rings (SSSR count). The van der Waals surface area contributed by atoms with E-state index in [2.05, 4.69) is 45.0 Å². The van der Waals surface area contributed by atoms with Crippen molar-refractivity contribution in [1.82, 2.24) is 0 Å². The molecule has 0 aromatic heterocycles. The smallest absolute Gasteiger partial charge is 0.261 e. The van der Waals surface area contributed by atoms with Crippen LogP contribution in [0.5, 0.6) is 0 Å². The third kappa shape index (κ3) is 6.86. The molecule has 0 heterocycles. The molecular formula is C29H40O8Si. The van der Waals surface area contributed by atoms with Gasteiger partial charge in [0.2, 0.25) is 0 Å². The van der Waals surface area contributed by atoms with Crippen molar-refractivity contribution in [3.05, 3.63) is 72.3 Å². The molecule has 0 N–H and O–H groups in total. The highest BCUT2D eigenvalue weighted by atomic mass is 28.4. The van der Waals surface area contributed by atoms with Crippen LogP contribution < -0.4 is 10.4 Å². The molecule has 1 aliphatic carbocycles. The molecule has 2 aromatic rings. The molecule has 3 atom stereocenters. The van der Waals surface area contributed by atoms with Crippen molar-refractivity contribution in [1.29, 1.82) is 0 Å². The van der Waals surface area contributed by atoms with Gasteiger partial charge in [0, 0.05) is 21.3 Å². The Balaban J connectivity index is 2.06. The highest BCUT2D eigenvalue weighted by molar-refractivity contribution is 6.99. The normalized spacial score (nSPS) is 20.4. The molecule has 8 nitrogen and oxygen atoms in total. The van der Waals surface area contributed by atoms with Gasteiger partial charge in [0.1, 0.15) is 32.6 Å². The number of rotatable bonds is 14. The second-order valence-electron chi connectivity index (χ2n) is 10.1. The number of carbonyl (C=O) groups excluding carboxylic acids is 1. The van der Waals surface area contributed by atoms with Crippen molar-refractivity contribution in [3.63, 3.8) is 0 Å². The molecular weight excluding hydrogens is 504 g/mol. The highest BCUT2D eigenvalue weighted by Crippen LogP contribution is 2.38. The van der Waals surface area contributed by atoms with Crippen LogP contribution in [-0.2, 0) is 37.6 Å². The van der Waals surface area contributed by atoms with E-state index in [9.17, 15) is 4.79 Å². The number of hydrogen-bond donors (Lipinski definition) is 0. The van der Waals surface area contributed by atoms with Gasteiger partial charge >= 0.3 is 0 Å². The summed E-state index contributed by atoms with van der Waals surface area (Å²) in [6.07, 6.45) is -0.826. The lowest BCUT2D eigenvalue weighted by molar-refractivity contribution is -0.202. The van der Waals surface area contributed by atoms with E-state index in [0.29, 0.717) is 5.57 Å². The summed E-state index contributed by atoms with van der Waals surface area (Å²) in [5, 5.41) is 2.06. The van der Waals surface area contributed by atoms with Gasteiger partial charge in [0.05, 0.1) is 6.61 Å².